The summed E-state index contributed by atoms with van der Waals surface area (Å²) < 4.78 is 21.3. The van der Waals surface area contributed by atoms with Crippen LogP contribution in [0, 0.1) is 17.2 Å². The van der Waals surface area contributed by atoms with Crippen LogP contribution >= 0.6 is 10.7 Å². The van der Waals surface area contributed by atoms with E-state index in [1.54, 1.807) is 0 Å². The molecule has 5 heteroatoms. The molecule has 11 heavy (non-hydrogen) atoms. The van der Waals surface area contributed by atoms with Crippen molar-refractivity contribution in [2.24, 2.45) is 5.92 Å². The van der Waals surface area contributed by atoms with Gasteiger partial charge in [0, 0.05) is 17.1 Å². The van der Waals surface area contributed by atoms with Gasteiger partial charge in [-0.25, -0.2) is 8.42 Å². The molecule has 0 atom stereocenters. The van der Waals surface area contributed by atoms with Crippen LogP contribution in [0.15, 0.2) is 0 Å². The summed E-state index contributed by atoms with van der Waals surface area (Å²) >= 11 is 0. The lowest BCUT2D eigenvalue weighted by Gasteiger charge is -2.30. The maximum absolute atomic E-state index is 10.6. The fourth-order valence-corrected chi connectivity index (χ4v) is 2.64. The second-order valence-electron chi connectivity index (χ2n) is 2.80. The van der Waals surface area contributed by atoms with E-state index in [2.05, 4.69) is 0 Å². The van der Waals surface area contributed by atoms with Crippen LogP contribution in [0.2, 0.25) is 0 Å². The van der Waals surface area contributed by atoms with Crippen LogP contribution < -0.4 is 0 Å². The SMILES string of the molecule is N#CCC1CC(S(=O)(=O)Cl)C1. The maximum atomic E-state index is 10.6. The highest BCUT2D eigenvalue weighted by Gasteiger charge is 2.37. The molecule has 1 saturated carbocycles. The van der Waals surface area contributed by atoms with Gasteiger partial charge in [-0.15, -0.1) is 0 Å². The van der Waals surface area contributed by atoms with Crippen molar-refractivity contribution in [3.8, 4) is 6.07 Å². The Bertz CT molecular complexity index is 273. The lowest BCUT2D eigenvalue weighted by atomic mass is 9.83. The largest absolute Gasteiger partial charge is 0.235 e. The van der Waals surface area contributed by atoms with E-state index in [1.807, 2.05) is 6.07 Å². The molecule has 1 fully saturated rings. The summed E-state index contributed by atoms with van der Waals surface area (Å²) in [5, 5.41) is 7.86. The van der Waals surface area contributed by atoms with Crippen molar-refractivity contribution in [2.45, 2.75) is 24.5 Å². The highest BCUT2D eigenvalue weighted by Crippen LogP contribution is 2.36. The normalized spacial score (nSPS) is 30.5. The van der Waals surface area contributed by atoms with Gasteiger partial charge >= 0.3 is 0 Å². The molecule has 0 aromatic rings. The minimum atomic E-state index is -3.35. The van der Waals surface area contributed by atoms with Crippen LogP contribution in [0.4, 0.5) is 0 Å². The van der Waals surface area contributed by atoms with Crippen molar-refractivity contribution in [1.29, 1.82) is 5.26 Å². The van der Waals surface area contributed by atoms with E-state index in [4.69, 9.17) is 15.9 Å². The van der Waals surface area contributed by atoms with Crippen molar-refractivity contribution in [2.75, 3.05) is 0 Å². The molecule has 0 radical (unpaired) electrons. The van der Waals surface area contributed by atoms with Crippen LogP contribution in [0.1, 0.15) is 19.3 Å². The highest BCUT2D eigenvalue weighted by atomic mass is 35.7. The van der Waals surface area contributed by atoms with Gasteiger partial charge in [-0.05, 0) is 18.8 Å². The Labute approximate surface area is 70.4 Å². The predicted octanol–water partition coefficient (Wildman–Crippen LogP) is 1.25. The molecule has 62 valence electrons. The van der Waals surface area contributed by atoms with E-state index in [9.17, 15) is 8.42 Å². The average Bonchev–Trinajstić information content (AvgIpc) is 1.74. The summed E-state index contributed by atoms with van der Waals surface area (Å²) in [5.74, 6) is 0.249. The van der Waals surface area contributed by atoms with Gasteiger partial charge in [0.2, 0.25) is 9.05 Å². The summed E-state index contributed by atoms with van der Waals surface area (Å²) in [6.07, 6.45) is 1.56. The van der Waals surface area contributed by atoms with E-state index in [0.717, 1.165) is 0 Å². The molecule has 0 aromatic heterocycles. The Morgan fingerprint density at radius 2 is 2.09 bits per heavy atom. The van der Waals surface area contributed by atoms with Gasteiger partial charge in [0.15, 0.2) is 0 Å². The first-order valence-corrected chi connectivity index (χ1v) is 5.71. The number of rotatable bonds is 2. The third-order valence-corrected chi connectivity index (χ3v) is 3.91. The van der Waals surface area contributed by atoms with Crippen LogP contribution in [-0.2, 0) is 9.05 Å². The molecule has 0 heterocycles. The summed E-state index contributed by atoms with van der Waals surface area (Å²) in [4.78, 5) is 0. The van der Waals surface area contributed by atoms with Gasteiger partial charge < -0.3 is 0 Å². The molecule has 0 amide bonds. The molecule has 3 nitrogen and oxygen atoms in total. The zero-order valence-corrected chi connectivity index (χ0v) is 7.40. The zero-order valence-electron chi connectivity index (χ0n) is 5.83. The van der Waals surface area contributed by atoms with Crippen molar-refractivity contribution >= 4 is 19.7 Å². The van der Waals surface area contributed by atoms with Crippen LogP contribution in [0.5, 0.6) is 0 Å². The minimum Gasteiger partial charge on any atom is -0.212 e. The molecule has 0 aromatic carbocycles. The molecule has 0 unspecified atom stereocenters. The molecule has 1 rings (SSSR count). The molecule has 0 spiro atoms. The second kappa shape index (κ2) is 3.00. The number of nitrogens with zero attached hydrogens (tertiary/aromatic N) is 1. The number of nitriles is 1. The quantitative estimate of drug-likeness (QED) is 0.621. The predicted molar refractivity (Wildman–Crippen MR) is 41.5 cm³/mol. The van der Waals surface area contributed by atoms with Gasteiger partial charge in [0.1, 0.15) is 0 Å². The third-order valence-electron chi connectivity index (χ3n) is 1.97. The Balaban J connectivity index is 2.37. The fourth-order valence-electron chi connectivity index (χ4n) is 1.20. The molecule has 0 N–H and O–H groups in total. The first kappa shape index (κ1) is 8.82. The Kier molecular flexibility index (Phi) is 2.40. The van der Waals surface area contributed by atoms with Crippen molar-refractivity contribution in [1.82, 2.24) is 0 Å². The Morgan fingerprint density at radius 1 is 1.55 bits per heavy atom. The number of hydrogen-bond donors (Lipinski definition) is 0. The molecule has 0 saturated heterocycles. The van der Waals surface area contributed by atoms with Crippen LogP contribution in [0.3, 0.4) is 0 Å². The van der Waals surface area contributed by atoms with Crippen LogP contribution in [0.25, 0.3) is 0 Å². The summed E-state index contributed by atoms with van der Waals surface area (Å²) in [5.41, 5.74) is 0. The first-order chi connectivity index (χ1) is 5.04. The van der Waals surface area contributed by atoms with Crippen molar-refractivity contribution in [3.05, 3.63) is 0 Å². The van der Waals surface area contributed by atoms with Gasteiger partial charge in [-0.3, -0.25) is 0 Å². The van der Waals surface area contributed by atoms with E-state index in [-0.39, 0.29) is 5.92 Å². The Hall–Kier alpha value is -0.270. The van der Waals surface area contributed by atoms with E-state index in [1.165, 1.54) is 0 Å². The van der Waals surface area contributed by atoms with Gasteiger partial charge in [-0.2, -0.15) is 5.26 Å². The lowest BCUT2D eigenvalue weighted by molar-refractivity contribution is 0.324. The van der Waals surface area contributed by atoms with Gasteiger partial charge in [0.05, 0.1) is 11.3 Å². The third kappa shape index (κ3) is 2.08. The highest BCUT2D eigenvalue weighted by molar-refractivity contribution is 8.14. The van der Waals surface area contributed by atoms with E-state index >= 15 is 0 Å². The maximum Gasteiger partial charge on any atom is 0.235 e. The average molecular weight is 194 g/mol. The monoisotopic (exact) mass is 193 g/mol. The molecule has 1 aliphatic rings. The lowest BCUT2D eigenvalue weighted by Crippen LogP contribution is -2.33. The number of hydrogen-bond acceptors (Lipinski definition) is 3. The van der Waals surface area contributed by atoms with Crippen LogP contribution in [-0.4, -0.2) is 13.7 Å². The van der Waals surface area contributed by atoms with Crippen molar-refractivity contribution in [3.63, 3.8) is 0 Å². The summed E-state index contributed by atoms with van der Waals surface area (Å²) in [7, 11) is 1.74. The molecular formula is C6H8ClNO2S. The molecule has 0 aliphatic heterocycles. The molecule has 0 bridgehead atoms. The fraction of sp³-hybridized carbons (Fsp3) is 0.833. The molecule has 1 aliphatic carbocycles. The standard InChI is InChI=1S/C6H8ClNO2S/c7-11(9,10)6-3-5(4-6)1-2-8/h5-6H,1,3-4H2. The topological polar surface area (TPSA) is 57.9 Å². The van der Waals surface area contributed by atoms with E-state index < -0.39 is 14.3 Å². The minimum absolute atomic E-state index is 0.249. The molecular weight excluding hydrogens is 186 g/mol. The number of halogens is 1. The zero-order chi connectivity index (χ0) is 8.48. The van der Waals surface area contributed by atoms with Gasteiger partial charge in [-0.1, -0.05) is 0 Å². The second-order valence-corrected chi connectivity index (χ2v) is 5.71. The van der Waals surface area contributed by atoms with Crippen molar-refractivity contribution < 1.29 is 8.42 Å². The van der Waals surface area contributed by atoms with Gasteiger partial charge in [0.25, 0.3) is 0 Å². The smallest absolute Gasteiger partial charge is 0.212 e. The Morgan fingerprint density at radius 3 is 2.45 bits per heavy atom. The van der Waals surface area contributed by atoms with E-state index in [0.29, 0.717) is 19.3 Å². The first-order valence-electron chi connectivity index (χ1n) is 3.34. The summed E-state index contributed by atoms with van der Waals surface area (Å²) in [6.45, 7) is 0. The summed E-state index contributed by atoms with van der Waals surface area (Å²) in [6, 6.07) is 2.00.